The SMILES string of the molecule is Cc1ccc(OC(c2cccs2)C(C)N)c(C)c1. The summed E-state index contributed by atoms with van der Waals surface area (Å²) in [5.74, 6) is 0.913. The van der Waals surface area contributed by atoms with Crippen molar-refractivity contribution >= 4 is 11.3 Å². The average Bonchev–Trinajstić information content (AvgIpc) is 2.80. The van der Waals surface area contributed by atoms with Gasteiger partial charge >= 0.3 is 0 Å². The number of benzene rings is 1. The van der Waals surface area contributed by atoms with Gasteiger partial charge in [0.25, 0.3) is 0 Å². The molecule has 0 radical (unpaired) electrons. The van der Waals surface area contributed by atoms with E-state index < -0.39 is 0 Å². The molecule has 0 aliphatic rings. The van der Waals surface area contributed by atoms with Crippen molar-refractivity contribution in [2.75, 3.05) is 0 Å². The Kier molecular flexibility index (Phi) is 4.04. The summed E-state index contributed by atoms with van der Waals surface area (Å²) in [6.07, 6.45) is -0.0774. The molecule has 0 aliphatic heterocycles. The minimum atomic E-state index is -0.0774. The summed E-state index contributed by atoms with van der Waals surface area (Å²) in [6, 6.07) is 10.3. The maximum absolute atomic E-state index is 6.09. The van der Waals surface area contributed by atoms with Crippen LogP contribution in [0.2, 0.25) is 0 Å². The molecule has 2 aromatic rings. The minimum absolute atomic E-state index is 0.0376. The zero-order chi connectivity index (χ0) is 13.1. The number of nitrogens with two attached hydrogens (primary N) is 1. The van der Waals surface area contributed by atoms with Gasteiger partial charge in [-0.3, -0.25) is 0 Å². The lowest BCUT2D eigenvalue weighted by Gasteiger charge is -2.22. The maximum atomic E-state index is 6.09. The van der Waals surface area contributed by atoms with Gasteiger partial charge in [0.15, 0.2) is 0 Å². The lowest BCUT2D eigenvalue weighted by molar-refractivity contribution is 0.183. The van der Waals surface area contributed by atoms with Crippen LogP contribution in [0.3, 0.4) is 0 Å². The highest BCUT2D eigenvalue weighted by Crippen LogP contribution is 2.29. The highest BCUT2D eigenvalue weighted by molar-refractivity contribution is 7.10. The van der Waals surface area contributed by atoms with Crippen LogP contribution in [-0.2, 0) is 0 Å². The third-order valence-corrected chi connectivity index (χ3v) is 3.82. The zero-order valence-corrected chi connectivity index (χ0v) is 11.8. The van der Waals surface area contributed by atoms with Crippen LogP contribution in [0.4, 0.5) is 0 Å². The second-order valence-electron chi connectivity index (χ2n) is 4.68. The molecule has 0 aliphatic carbocycles. The van der Waals surface area contributed by atoms with E-state index in [1.165, 1.54) is 10.4 Å². The standard InChI is InChI=1S/C15H19NOS/c1-10-6-7-13(11(2)9-10)17-15(12(3)16)14-5-4-8-18-14/h4-9,12,15H,16H2,1-3H3. The fourth-order valence-electron chi connectivity index (χ4n) is 1.95. The van der Waals surface area contributed by atoms with E-state index in [0.29, 0.717) is 0 Å². The predicted octanol–water partition coefficient (Wildman–Crippen LogP) is 3.83. The van der Waals surface area contributed by atoms with E-state index in [-0.39, 0.29) is 12.1 Å². The van der Waals surface area contributed by atoms with Gasteiger partial charge in [-0.25, -0.2) is 0 Å². The van der Waals surface area contributed by atoms with Crippen molar-refractivity contribution in [3.05, 3.63) is 51.7 Å². The molecule has 0 spiro atoms. The quantitative estimate of drug-likeness (QED) is 0.907. The molecule has 96 valence electrons. The number of aryl methyl sites for hydroxylation is 2. The summed E-state index contributed by atoms with van der Waals surface area (Å²) in [5.41, 5.74) is 8.43. The molecular formula is C15H19NOS. The fourth-order valence-corrected chi connectivity index (χ4v) is 2.81. The molecule has 2 rings (SSSR count). The van der Waals surface area contributed by atoms with Crippen LogP contribution in [0.1, 0.15) is 29.0 Å². The van der Waals surface area contributed by atoms with Crippen LogP contribution in [0.15, 0.2) is 35.7 Å². The Morgan fingerprint density at radius 3 is 2.56 bits per heavy atom. The van der Waals surface area contributed by atoms with Gasteiger partial charge in [-0.2, -0.15) is 0 Å². The van der Waals surface area contributed by atoms with Crippen molar-refractivity contribution in [3.63, 3.8) is 0 Å². The highest BCUT2D eigenvalue weighted by Gasteiger charge is 2.19. The number of hydrogen-bond donors (Lipinski definition) is 1. The van der Waals surface area contributed by atoms with Crippen LogP contribution in [-0.4, -0.2) is 6.04 Å². The third kappa shape index (κ3) is 2.92. The van der Waals surface area contributed by atoms with E-state index in [4.69, 9.17) is 10.5 Å². The number of rotatable bonds is 4. The van der Waals surface area contributed by atoms with E-state index in [1.807, 2.05) is 19.1 Å². The predicted molar refractivity (Wildman–Crippen MR) is 77.3 cm³/mol. The van der Waals surface area contributed by atoms with Crippen LogP contribution in [0, 0.1) is 13.8 Å². The van der Waals surface area contributed by atoms with Crippen LogP contribution in [0.25, 0.3) is 0 Å². The van der Waals surface area contributed by atoms with Crippen molar-refractivity contribution < 1.29 is 4.74 Å². The molecule has 0 saturated carbocycles. The zero-order valence-electron chi connectivity index (χ0n) is 11.0. The van der Waals surface area contributed by atoms with Gasteiger partial charge in [0, 0.05) is 10.9 Å². The van der Waals surface area contributed by atoms with E-state index in [0.717, 1.165) is 11.3 Å². The van der Waals surface area contributed by atoms with E-state index >= 15 is 0 Å². The molecule has 1 aromatic heterocycles. The van der Waals surface area contributed by atoms with E-state index in [9.17, 15) is 0 Å². The summed E-state index contributed by atoms with van der Waals surface area (Å²) < 4.78 is 6.09. The van der Waals surface area contributed by atoms with Crippen molar-refractivity contribution in [1.29, 1.82) is 0 Å². The summed E-state index contributed by atoms with van der Waals surface area (Å²) in [6.45, 7) is 6.13. The molecule has 3 heteroatoms. The summed E-state index contributed by atoms with van der Waals surface area (Å²) in [5, 5.41) is 2.05. The van der Waals surface area contributed by atoms with Gasteiger partial charge < -0.3 is 10.5 Å². The Labute approximate surface area is 112 Å². The first-order chi connectivity index (χ1) is 8.58. The smallest absolute Gasteiger partial charge is 0.148 e. The lowest BCUT2D eigenvalue weighted by atomic mass is 10.1. The first-order valence-electron chi connectivity index (χ1n) is 6.11. The first-order valence-corrected chi connectivity index (χ1v) is 6.99. The average molecular weight is 261 g/mol. The molecule has 0 saturated heterocycles. The molecular weight excluding hydrogens is 242 g/mol. The van der Waals surface area contributed by atoms with Crippen molar-refractivity contribution in [2.45, 2.75) is 32.9 Å². The molecule has 1 aromatic carbocycles. The molecule has 0 fully saturated rings. The molecule has 0 bridgehead atoms. The molecule has 2 unspecified atom stereocenters. The Morgan fingerprint density at radius 1 is 1.22 bits per heavy atom. The second-order valence-corrected chi connectivity index (χ2v) is 5.66. The molecule has 0 amide bonds. The topological polar surface area (TPSA) is 35.2 Å². The summed E-state index contributed by atoms with van der Waals surface area (Å²) >= 11 is 1.68. The Balaban J connectivity index is 2.24. The van der Waals surface area contributed by atoms with E-state index in [2.05, 4.69) is 37.4 Å². The Hall–Kier alpha value is -1.32. The van der Waals surface area contributed by atoms with Gasteiger partial charge in [0.2, 0.25) is 0 Å². The molecule has 2 nitrogen and oxygen atoms in total. The Bertz CT molecular complexity index is 505. The summed E-state index contributed by atoms with van der Waals surface area (Å²) in [7, 11) is 0. The van der Waals surface area contributed by atoms with Crippen molar-refractivity contribution in [1.82, 2.24) is 0 Å². The van der Waals surface area contributed by atoms with E-state index in [1.54, 1.807) is 11.3 Å². The van der Waals surface area contributed by atoms with Crippen LogP contribution < -0.4 is 10.5 Å². The third-order valence-electron chi connectivity index (χ3n) is 2.89. The molecule has 1 heterocycles. The largest absolute Gasteiger partial charge is 0.483 e. The molecule has 2 N–H and O–H groups in total. The van der Waals surface area contributed by atoms with Crippen molar-refractivity contribution in [3.8, 4) is 5.75 Å². The van der Waals surface area contributed by atoms with Crippen LogP contribution >= 0.6 is 11.3 Å². The second kappa shape index (κ2) is 5.55. The van der Waals surface area contributed by atoms with Gasteiger partial charge in [0.05, 0.1) is 0 Å². The summed E-state index contributed by atoms with van der Waals surface area (Å²) in [4.78, 5) is 1.17. The van der Waals surface area contributed by atoms with Gasteiger partial charge in [0.1, 0.15) is 11.9 Å². The highest BCUT2D eigenvalue weighted by atomic mass is 32.1. The normalized spacial score (nSPS) is 14.2. The minimum Gasteiger partial charge on any atom is -0.483 e. The number of thiophene rings is 1. The monoisotopic (exact) mass is 261 g/mol. The van der Waals surface area contributed by atoms with Gasteiger partial charge in [-0.05, 0) is 43.8 Å². The van der Waals surface area contributed by atoms with Gasteiger partial charge in [-0.1, -0.05) is 23.8 Å². The fraction of sp³-hybridized carbons (Fsp3) is 0.333. The molecule has 2 atom stereocenters. The van der Waals surface area contributed by atoms with Crippen molar-refractivity contribution in [2.24, 2.45) is 5.73 Å². The number of ether oxygens (including phenoxy) is 1. The molecule has 18 heavy (non-hydrogen) atoms. The first kappa shape index (κ1) is 13.1. The van der Waals surface area contributed by atoms with Gasteiger partial charge in [-0.15, -0.1) is 11.3 Å². The Morgan fingerprint density at radius 2 is 2.00 bits per heavy atom. The maximum Gasteiger partial charge on any atom is 0.148 e. The van der Waals surface area contributed by atoms with Crippen LogP contribution in [0.5, 0.6) is 5.75 Å². The lowest BCUT2D eigenvalue weighted by Crippen LogP contribution is -2.28. The number of hydrogen-bond acceptors (Lipinski definition) is 3.